The minimum Gasteiger partial charge on any atom is -0.495 e. The summed E-state index contributed by atoms with van der Waals surface area (Å²) in [7, 11) is 1.39. The zero-order valence-electron chi connectivity index (χ0n) is 23.8. The van der Waals surface area contributed by atoms with E-state index in [0.717, 1.165) is 0 Å². The lowest BCUT2D eigenvalue weighted by Crippen LogP contribution is -2.52. The fourth-order valence-electron chi connectivity index (χ4n) is 7.07. The van der Waals surface area contributed by atoms with Crippen molar-refractivity contribution in [1.82, 2.24) is 9.88 Å². The number of rotatable bonds is 5. The molecule has 224 valence electrons. The van der Waals surface area contributed by atoms with E-state index in [0.29, 0.717) is 17.7 Å². The summed E-state index contributed by atoms with van der Waals surface area (Å²) in [6.45, 7) is 6.18. The van der Waals surface area contributed by atoms with Gasteiger partial charge in [-0.15, -0.1) is 0 Å². The van der Waals surface area contributed by atoms with E-state index in [9.17, 15) is 19.5 Å². The van der Waals surface area contributed by atoms with Gasteiger partial charge >= 0.3 is 5.97 Å². The van der Waals surface area contributed by atoms with Crippen LogP contribution in [0.2, 0.25) is 10.2 Å². The Morgan fingerprint density at radius 3 is 2.60 bits per heavy atom. The molecule has 2 fully saturated rings. The predicted molar refractivity (Wildman–Crippen MR) is 159 cm³/mol. The molecule has 0 aliphatic carbocycles. The average Bonchev–Trinajstić information content (AvgIpc) is 3.52. The van der Waals surface area contributed by atoms with Crippen molar-refractivity contribution < 1.29 is 28.6 Å². The van der Waals surface area contributed by atoms with Crippen LogP contribution in [0.4, 0.5) is 15.9 Å². The third-order valence-electron chi connectivity index (χ3n) is 8.67. The number of halogens is 3. The third-order valence-corrected chi connectivity index (χ3v) is 9.17. The number of ether oxygens (including phenoxy) is 1. The number of nitrogens with zero attached hydrogens (tertiary/aromatic N) is 3. The molecule has 2 saturated heterocycles. The van der Waals surface area contributed by atoms with Crippen LogP contribution >= 0.6 is 23.2 Å². The first kappa shape index (κ1) is 29.3. The lowest BCUT2D eigenvalue weighted by molar-refractivity contribution is -0.122. The Balaban J connectivity index is 1.60. The Kier molecular flexibility index (Phi) is 6.95. The molecule has 3 aromatic rings. The van der Waals surface area contributed by atoms with Crippen molar-refractivity contribution in [3.05, 3.63) is 81.2 Å². The van der Waals surface area contributed by atoms with E-state index >= 15 is 4.39 Å². The number of amides is 2. The Morgan fingerprint density at radius 1 is 1.19 bits per heavy atom. The van der Waals surface area contributed by atoms with Gasteiger partial charge in [0.25, 0.3) is 0 Å². The molecule has 1 spiro atoms. The maximum atomic E-state index is 16.0. The summed E-state index contributed by atoms with van der Waals surface area (Å²) in [6, 6.07) is 10.6. The zero-order valence-corrected chi connectivity index (χ0v) is 25.3. The summed E-state index contributed by atoms with van der Waals surface area (Å²) < 4.78 is 21.5. The summed E-state index contributed by atoms with van der Waals surface area (Å²) >= 11 is 12.5. The van der Waals surface area contributed by atoms with Crippen LogP contribution in [0.15, 0.2) is 48.5 Å². The van der Waals surface area contributed by atoms with E-state index in [1.165, 1.54) is 36.3 Å². The van der Waals surface area contributed by atoms with Crippen LogP contribution in [0.5, 0.6) is 5.75 Å². The minimum atomic E-state index is -1.41. The first-order valence-corrected chi connectivity index (χ1v) is 14.5. The summed E-state index contributed by atoms with van der Waals surface area (Å²) in [5.41, 5.74) is -0.676. The molecule has 12 heteroatoms. The lowest BCUT2D eigenvalue weighted by Gasteiger charge is -2.40. The van der Waals surface area contributed by atoms with Gasteiger partial charge < -0.3 is 15.2 Å². The molecule has 9 nitrogen and oxygen atoms in total. The van der Waals surface area contributed by atoms with Gasteiger partial charge in [-0.3, -0.25) is 19.4 Å². The smallest absolute Gasteiger partial charge is 0.335 e. The molecular weight excluding hydrogens is 598 g/mol. The van der Waals surface area contributed by atoms with Crippen molar-refractivity contribution in [2.75, 3.05) is 24.0 Å². The van der Waals surface area contributed by atoms with Crippen LogP contribution in [-0.2, 0) is 15.0 Å². The van der Waals surface area contributed by atoms with E-state index in [2.05, 4.69) is 10.3 Å². The Bertz CT molecular complexity index is 1700. The number of hydrogen-bond acceptors (Lipinski definition) is 6. The number of aromatic carboxylic acids is 1. The molecule has 0 bridgehead atoms. The summed E-state index contributed by atoms with van der Waals surface area (Å²) in [5.74, 6) is -3.14. The number of nitrogens with one attached hydrogen (secondary N) is 1. The van der Waals surface area contributed by atoms with Crippen molar-refractivity contribution in [3.63, 3.8) is 0 Å². The number of methoxy groups -OCH3 is 1. The summed E-state index contributed by atoms with van der Waals surface area (Å²) in [4.78, 5) is 48.4. The Hall–Kier alpha value is -3.73. The average molecular weight is 628 g/mol. The first-order valence-electron chi connectivity index (χ1n) is 13.7. The van der Waals surface area contributed by atoms with Gasteiger partial charge in [-0.2, -0.15) is 0 Å². The Morgan fingerprint density at radius 2 is 1.93 bits per heavy atom. The van der Waals surface area contributed by atoms with Crippen LogP contribution in [0.3, 0.4) is 0 Å². The number of fused-ring (bicyclic) bond motifs is 3. The quantitative estimate of drug-likeness (QED) is 0.349. The maximum Gasteiger partial charge on any atom is 0.335 e. The molecule has 0 radical (unpaired) electrons. The second kappa shape index (κ2) is 10.2. The number of carbonyl (C=O) groups is 3. The molecule has 3 aliphatic heterocycles. The van der Waals surface area contributed by atoms with Crippen LogP contribution in [0.25, 0.3) is 0 Å². The van der Waals surface area contributed by atoms with Gasteiger partial charge in [0.15, 0.2) is 0 Å². The molecule has 4 heterocycles. The molecule has 6 rings (SSSR count). The molecule has 2 N–H and O–H groups in total. The van der Waals surface area contributed by atoms with Gasteiger partial charge in [0.1, 0.15) is 28.0 Å². The highest BCUT2D eigenvalue weighted by molar-refractivity contribution is 6.31. The first-order chi connectivity index (χ1) is 20.3. The maximum absolute atomic E-state index is 16.0. The number of carboxylic acids is 1. The number of carboxylic acid groups (broad SMARTS) is 1. The zero-order chi connectivity index (χ0) is 31.0. The van der Waals surface area contributed by atoms with E-state index in [1.807, 2.05) is 25.7 Å². The highest BCUT2D eigenvalue weighted by Crippen LogP contribution is 2.61. The second-order valence-corrected chi connectivity index (χ2v) is 13.1. The molecule has 43 heavy (non-hydrogen) atoms. The van der Waals surface area contributed by atoms with Crippen LogP contribution in [0, 0.1) is 11.2 Å². The number of anilines is 2. The van der Waals surface area contributed by atoms with Gasteiger partial charge in [-0.1, -0.05) is 62.2 Å². The molecule has 1 aromatic heterocycles. The molecule has 0 saturated carbocycles. The monoisotopic (exact) mass is 626 g/mol. The number of aromatic nitrogens is 1. The largest absolute Gasteiger partial charge is 0.495 e. The van der Waals surface area contributed by atoms with E-state index in [-0.39, 0.29) is 50.9 Å². The van der Waals surface area contributed by atoms with Crippen molar-refractivity contribution in [1.29, 1.82) is 0 Å². The lowest BCUT2D eigenvalue weighted by atomic mass is 9.62. The van der Waals surface area contributed by atoms with E-state index in [1.54, 1.807) is 24.3 Å². The van der Waals surface area contributed by atoms with Gasteiger partial charge in [-0.25, -0.2) is 14.2 Å². The van der Waals surface area contributed by atoms with Crippen molar-refractivity contribution in [2.45, 2.75) is 50.6 Å². The van der Waals surface area contributed by atoms with Crippen molar-refractivity contribution in [2.24, 2.45) is 5.41 Å². The topological polar surface area (TPSA) is 112 Å². The van der Waals surface area contributed by atoms with E-state index < -0.39 is 41.1 Å². The van der Waals surface area contributed by atoms with Crippen LogP contribution in [0.1, 0.15) is 54.6 Å². The Labute approximate surface area is 257 Å². The van der Waals surface area contributed by atoms with Crippen molar-refractivity contribution >= 4 is 52.5 Å². The molecular formula is C31H29Cl2FN4O5. The van der Waals surface area contributed by atoms with Gasteiger partial charge in [0.05, 0.1) is 36.1 Å². The fraction of sp³-hybridized carbons (Fsp3) is 0.355. The number of carbonyl (C=O) groups excluding carboxylic acids is 2. The SMILES string of the molecule is COc1cc(C(=O)O)ccc1N1CN2[C@@H](CC(C)(C)C)C3(C(=O)Nc4nc(Cl)ccc43)[C@@H](c3cccc(Cl)c3F)[C@@H]2C1=O. The standard InChI is InChI=1S/C31H29Cl2FN4O5/c1-30(2,3)13-21-31(17-9-11-22(33)35-26(17)36-29(31)42)23(16-6-5-7-18(32)24(16)34)25-27(39)37(14-38(21)25)19-10-8-15(28(40)41)12-20(19)43-4/h5-12,21,23,25H,13-14H2,1-4H3,(H,40,41)(H,35,36,42)/t21-,23-,25+,31?/m0/s1. The highest BCUT2D eigenvalue weighted by atomic mass is 35.5. The van der Waals surface area contributed by atoms with Gasteiger partial charge in [0.2, 0.25) is 11.8 Å². The normalized spacial score (nSPS) is 24.8. The third kappa shape index (κ3) is 4.38. The minimum absolute atomic E-state index is 0.00146. The van der Waals surface area contributed by atoms with Crippen LogP contribution in [-0.4, -0.2) is 58.6 Å². The number of hydrogen-bond donors (Lipinski definition) is 2. The highest BCUT2D eigenvalue weighted by Gasteiger charge is 2.71. The molecule has 2 amide bonds. The summed E-state index contributed by atoms with van der Waals surface area (Å²) in [6.07, 6.45) is 0.466. The number of pyridine rings is 1. The molecule has 3 aliphatic rings. The van der Waals surface area contributed by atoms with Crippen LogP contribution < -0.4 is 15.0 Å². The molecule has 4 atom stereocenters. The van der Waals surface area contributed by atoms with Gasteiger partial charge in [0, 0.05) is 17.5 Å². The van der Waals surface area contributed by atoms with Gasteiger partial charge in [-0.05, 0) is 47.7 Å². The van der Waals surface area contributed by atoms with Crippen molar-refractivity contribution in [3.8, 4) is 5.75 Å². The predicted octanol–water partition coefficient (Wildman–Crippen LogP) is 5.70. The molecule has 2 aromatic carbocycles. The summed E-state index contributed by atoms with van der Waals surface area (Å²) in [5, 5.41) is 12.4. The number of benzene rings is 2. The molecule has 1 unspecified atom stereocenters. The van der Waals surface area contributed by atoms with E-state index in [4.69, 9.17) is 27.9 Å². The fourth-order valence-corrected chi connectivity index (χ4v) is 7.40. The second-order valence-electron chi connectivity index (χ2n) is 12.3.